The van der Waals surface area contributed by atoms with Gasteiger partial charge in [0.2, 0.25) is 0 Å². The topological polar surface area (TPSA) is 84.6 Å². The lowest BCUT2D eigenvalue weighted by molar-refractivity contribution is 0.0937. The summed E-state index contributed by atoms with van der Waals surface area (Å²) in [7, 11) is 1.32. The summed E-state index contributed by atoms with van der Waals surface area (Å²) in [6.45, 7) is 1.67. The van der Waals surface area contributed by atoms with Gasteiger partial charge in [-0.2, -0.15) is 0 Å². The van der Waals surface area contributed by atoms with E-state index in [1.807, 2.05) is 0 Å². The fraction of sp³-hybridized carbons (Fsp3) is 0.417. The van der Waals surface area contributed by atoms with E-state index in [-0.39, 0.29) is 17.9 Å². The SMILES string of the molecule is COc1cc(C(=O)NCC(N)C(C)O)ccc1F. The van der Waals surface area contributed by atoms with Crippen molar-refractivity contribution in [2.75, 3.05) is 13.7 Å². The molecule has 0 radical (unpaired) electrons. The lowest BCUT2D eigenvalue weighted by Gasteiger charge is -2.15. The van der Waals surface area contributed by atoms with E-state index in [9.17, 15) is 14.3 Å². The van der Waals surface area contributed by atoms with Crippen LogP contribution in [0.25, 0.3) is 0 Å². The van der Waals surface area contributed by atoms with E-state index < -0.39 is 23.9 Å². The van der Waals surface area contributed by atoms with E-state index in [0.717, 1.165) is 6.07 Å². The van der Waals surface area contributed by atoms with Crippen molar-refractivity contribution < 1.29 is 19.0 Å². The molecule has 0 aliphatic heterocycles. The number of halogens is 1. The van der Waals surface area contributed by atoms with E-state index in [1.54, 1.807) is 0 Å². The van der Waals surface area contributed by atoms with Crippen molar-refractivity contribution in [3.05, 3.63) is 29.6 Å². The highest BCUT2D eigenvalue weighted by atomic mass is 19.1. The van der Waals surface area contributed by atoms with Crippen LogP contribution < -0.4 is 15.8 Å². The van der Waals surface area contributed by atoms with Crippen LogP contribution in [0.5, 0.6) is 5.75 Å². The Morgan fingerprint density at radius 2 is 2.28 bits per heavy atom. The smallest absolute Gasteiger partial charge is 0.251 e. The summed E-state index contributed by atoms with van der Waals surface area (Å²) in [5, 5.41) is 11.7. The molecule has 4 N–H and O–H groups in total. The van der Waals surface area contributed by atoms with Crippen molar-refractivity contribution in [3.8, 4) is 5.75 Å². The van der Waals surface area contributed by atoms with Gasteiger partial charge < -0.3 is 20.9 Å². The van der Waals surface area contributed by atoms with Crippen LogP contribution in [0.1, 0.15) is 17.3 Å². The first kappa shape index (κ1) is 14.4. The van der Waals surface area contributed by atoms with E-state index in [1.165, 1.54) is 26.2 Å². The van der Waals surface area contributed by atoms with Crippen molar-refractivity contribution >= 4 is 5.91 Å². The summed E-state index contributed by atoms with van der Waals surface area (Å²) in [6, 6.07) is 3.26. The molecule has 5 nitrogen and oxygen atoms in total. The first-order valence-electron chi connectivity index (χ1n) is 5.51. The summed E-state index contributed by atoms with van der Waals surface area (Å²) in [5.74, 6) is -0.929. The van der Waals surface area contributed by atoms with E-state index in [2.05, 4.69) is 5.32 Å². The Bertz CT molecular complexity index is 424. The van der Waals surface area contributed by atoms with Gasteiger partial charge in [0.05, 0.1) is 13.2 Å². The molecular weight excluding hydrogens is 239 g/mol. The predicted octanol–water partition coefficient (Wildman–Crippen LogP) is 0.272. The number of aliphatic hydroxyl groups excluding tert-OH is 1. The molecule has 0 aliphatic carbocycles. The number of amides is 1. The first-order valence-corrected chi connectivity index (χ1v) is 5.51. The molecule has 0 saturated carbocycles. The highest BCUT2D eigenvalue weighted by Gasteiger charge is 2.13. The van der Waals surface area contributed by atoms with Gasteiger partial charge in [0.25, 0.3) is 5.91 Å². The quantitative estimate of drug-likeness (QED) is 0.706. The van der Waals surface area contributed by atoms with Gasteiger partial charge in [-0.3, -0.25) is 4.79 Å². The molecule has 18 heavy (non-hydrogen) atoms. The maximum atomic E-state index is 13.1. The average Bonchev–Trinajstić information content (AvgIpc) is 2.35. The molecule has 2 atom stereocenters. The van der Waals surface area contributed by atoms with Gasteiger partial charge in [0.1, 0.15) is 0 Å². The Kier molecular flexibility index (Phi) is 5.06. The van der Waals surface area contributed by atoms with Crippen molar-refractivity contribution in [3.63, 3.8) is 0 Å². The van der Waals surface area contributed by atoms with Crippen LogP contribution >= 0.6 is 0 Å². The molecule has 0 bridgehead atoms. The Morgan fingerprint density at radius 3 is 2.83 bits per heavy atom. The lowest BCUT2D eigenvalue weighted by Crippen LogP contribution is -2.43. The van der Waals surface area contributed by atoms with Gasteiger partial charge in [-0.1, -0.05) is 0 Å². The summed E-state index contributed by atoms with van der Waals surface area (Å²) in [4.78, 5) is 11.7. The Labute approximate surface area is 105 Å². The van der Waals surface area contributed by atoms with Crippen LogP contribution in [0.15, 0.2) is 18.2 Å². The van der Waals surface area contributed by atoms with Crippen LogP contribution in [0, 0.1) is 5.82 Å². The zero-order chi connectivity index (χ0) is 13.7. The largest absolute Gasteiger partial charge is 0.494 e. The number of nitrogens with one attached hydrogen (secondary N) is 1. The number of ether oxygens (including phenoxy) is 1. The van der Waals surface area contributed by atoms with Crippen LogP contribution in [0.2, 0.25) is 0 Å². The van der Waals surface area contributed by atoms with Gasteiger partial charge >= 0.3 is 0 Å². The third-order valence-electron chi connectivity index (χ3n) is 2.53. The highest BCUT2D eigenvalue weighted by Crippen LogP contribution is 2.17. The standard InChI is InChI=1S/C12H17FN2O3/c1-7(16)10(14)6-15-12(17)8-3-4-9(13)11(5-8)18-2/h3-5,7,10,16H,6,14H2,1-2H3,(H,15,17). The molecule has 1 aromatic carbocycles. The summed E-state index contributed by atoms with van der Waals surface area (Å²) in [5.41, 5.74) is 5.84. The molecule has 0 saturated heterocycles. The maximum absolute atomic E-state index is 13.1. The van der Waals surface area contributed by atoms with Crippen molar-refractivity contribution in [1.29, 1.82) is 0 Å². The minimum atomic E-state index is -0.715. The highest BCUT2D eigenvalue weighted by molar-refractivity contribution is 5.94. The number of methoxy groups -OCH3 is 1. The number of hydrogen-bond acceptors (Lipinski definition) is 4. The second-order valence-corrected chi connectivity index (χ2v) is 3.96. The van der Waals surface area contributed by atoms with E-state index in [0.29, 0.717) is 0 Å². The zero-order valence-corrected chi connectivity index (χ0v) is 10.3. The molecule has 2 unspecified atom stereocenters. The summed E-state index contributed by atoms with van der Waals surface area (Å²) < 4.78 is 17.9. The third-order valence-corrected chi connectivity index (χ3v) is 2.53. The number of carbonyl (C=O) groups is 1. The van der Waals surface area contributed by atoms with Gasteiger partial charge in [-0.15, -0.1) is 0 Å². The van der Waals surface area contributed by atoms with Crippen LogP contribution in [-0.4, -0.2) is 36.8 Å². The number of aliphatic hydroxyl groups is 1. The Hall–Kier alpha value is -1.66. The number of nitrogens with two attached hydrogens (primary N) is 1. The molecule has 0 spiro atoms. The molecule has 0 aliphatic rings. The van der Waals surface area contributed by atoms with Crippen molar-refractivity contribution in [1.82, 2.24) is 5.32 Å². The third kappa shape index (κ3) is 3.68. The van der Waals surface area contributed by atoms with E-state index >= 15 is 0 Å². The fourth-order valence-electron chi connectivity index (χ4n) is 1.28. The van der Waals surface area contributed by atoms with Gasteiger partial charge in [0.15, 0.2) is 11.6 Å². The zero-order valence-electron chi connectivity index (χ0n) is 10.3. The molecule has 0 heterocycles. The molecule has 0 fully saturated rings. The summed E-state index contributed by atoms with van der Waals surface area (Å²) in [6.07, 6.45) is -0.715. The van der Waals surface area contributed by atoms with E-state index in [4.69, 9.17) is 10.5 Å². The lowest BCUT2D eigenvalue weighted by atomic mass is 10.1. The number of rotatable bonds is 5. The summed E-state index contributed by atoms with van der Waals surface area (Å²) >= 11 is 0. The number of benzene rings is 1. The second kappa shape index (κ2) is 6.32. The molecular formula is C12H17FN2O3. The monoisotopic (exact) mass is 256 g/mol. The van der Waals surface area contributed by atoms with Gasteiger partial charge in [0, 0.05) is 18.2 Å². The van der Waals surface area contributed by atoms with Gasteiger partial charge in [-0.25, -0.2) is 4.39 Å². The predicted molar refractivity (Wildman–Crippen MR) is 64.9 cm³/mol. The minimum Gasteiger partial charge on any atom is -0.494 e. The average molecular weight is 256 g/mol. The number of hydrogen-bond donors (Lipinski definition) is 3. The molecule has 1 amide bonds. The van der Waals surface area contributed by atoms with Crippen LogP contribution in [-0.2, 0) is 0 Å². The maximum Gasteiger partial charge on any atom is 0.251 e. The second-order valence-electron chi connectivity index (χ2n) is 3.96. The molecule has 0 aromatic heterocycles. The fourth-order valence-corrected chi connectivity index (χ4v) is 1.28. The molecule has 1 rings (SSSR count). The van der Waals surface area contributed by atoms with Gasteiger partial charge in [-0.05, 0) is 25.1 Å². The van der Waals surface area contributed by atoms with Crippen LogP contribution in [0.3, 0.4) is 0 Å². The Balaban J connectivity index is 2.67. The minimum absolute atomic E-state index is 0.00229. The Morgan fingerprint density at radius 1 is 1.61 bits per heavy atom. The van der Waals surface area contributed by atoms with Crippen molar-refractivity contribution in [2.24, 2.45) is 5.73 Å². The number of carbonyl (C=O) groups excluding carboxylic acids is 1. The van der Waals surface area contributed by atoms with Crippen LogP contribution in [0.4, 0.5) is 4.39 Å². The first-order chi connectivity index (χ1) is 8.45. The molecule has 100 valence electrons. The van der Waals surface area contributed by atoms with Crippen molar-refractivity contribution in [2.45, 2.75) is 19.1 Å². The molecule has 6 heteroatoms. The normalized spacial score (nSPS) is 13.8. The molecule has 1 aromatic rings.